The number of rotatable bonds is 4. The maximum atomic E-state index is 10.0. The molecule has 0 fully saturated rings. The second-order valence-electron chi connectivity index (χ2n) is 4.79. The minimum absolute atomic E-state index is 0.133. The number of para-hydroxylation sites is 1. The minimum Gasteiger partial charge on any atom is -0.507 e. The Labute approximate surface area is 132 Å². The molecule has 3 rings (SSSR count). The van der Waals surface area contributed by atoms with Crippen molar-refractivity contribution in [3.63, 3.8) is 0 Å². The van der Waals surface area contributed by atoms with Crippen molar-refractivity contribution in [2.45, 2.75) is 0 Å². The smallest absolute Gasteiger partial charge is 0.165 e. The number of fused-ring (bicyclic) bond motifs is 1. The zero-order valence-corrected chi connectivity index (χ0v) is 12.5. The number of aromatic hydroxyl groups is 1. The Morgan fingerprint density at radius 1 is 1.14 bits per heavy atom. The van der Waals surface area contributed by atoms with E-state index in [4.69, 9.17) is 17.3 Å². The van der Waals surface area contributed by atoms with Gasteiger partial charge in [-0.25, -0.2) is 9.97 Å². The van der Waals surface area contributed by atoms with Gasteiger partial charge in [0, 0.05) is 23.5 Å². The number of nitrogens with zero attached hydrogens (tertiary/aromatic N) is 2. The largest absolute Gasteiger partial charge is 0.507 e. The van der Waals surface area contributed by atoms with Crippen molar-refractivity contribution in [1.29, 1.82) is 0 Å². The molecule has 0 saturated heterocycles. The number of benzene rings is 2. The van der Waals surface area contributed by atoms with Gasteiger partial charge in [0.25, 0.3) is 0 Å². The molecule has 0 aliphatic carbocycles. The molecular weight excluding hydrogens is 300 g/mol. The molecule has 3 aromatic rings. The topological polar surface area (TPSA) is 84.1 Å². The quantitative estimate of drug-likeness (QED) is 0.689. The number of phenols is 1. The predicted octanol–water partition coefficient (Wildman–Crippen LogP) is 3.03. The van der Waals surface area contributed by atoms with Crippen molar-refractivity contribution in [2.75, 3.05) is 18.4 Å². The third-order valence-corrected chi connectivity index (χ3v) is 3.48. The fourth-order valence-electron chi connectivity index (χ4n) is 2.21. The molecule has 0 saturated carbocycles. The summed E-state index contributed by atoms with van der Waals surface area (Å²) in [6, 6.07) is 12.4. The Morgan fingerprint density at radius 3 is 2.73 bits per heavy atom. The molecule has 0 atom stereocenters. The van der Waals surface area contributed by atoms with Gasteiger partial charge in [0.15, 0.2) is 5.82 Å². The second-order valence-corrected chi connectivity index (χ2v) is 5.23. The number of hydrogen-bond acceptors (Lipinski definition) is 5. The average Bonchev–Trinajstić information content (AvgIpc) is 2.52. The lowest BCUT2D eigenvalue weighted by molar-refractivity contribution is 0.477. The van der Waals surface area contributed by atoms with Gasteiger partial charge in [-0.3, -0.25) is 0 Å². The van der Waals surface area contributed by atoms with Crippen LogP contribution in [-0.2, 0) is 0 Å². The maximum absolute atomic E-state index is 10.0. The highest BCUT2D eigenvalue weighted by Crippen LogP contribution is 2.30. The normalized spacial score (nSPS) is 10.8. The molecule has 0 bridgehead atoms. The van der Waals surface area contributed by atoms with E-state index in [1.165, 1.54) is 0 Å². The second kappa shape index (κ2) is 6.17. The summed E-state index contributed by atoms with van der Waals surface area (Å²) in [5.41, 5.74) is 6.83. The van der Waals surface area contributed by atoms with Crippen molar-refractivity contribution in [1.82, 2.24) is 9.97 Å². The first-order chi connectivity index (χ1) is 10.7. The summed E-state index contributed by atoms with van der Waals surface area (Å²) in [5.74, 6) is 1.24. The van der Waals surface area contributed by atoms with Crippen LogP contribution in [0.3, 0.4) is 0 Å². The molecule has 0 aliphatic heterocycles. The van der Waals surface area contributed by atoms with Crippen LogP contribution in [0.5, 0.6) is 5.75 Å². The van der Waals surface area contributed by atoms with Gasteiger partial charge in [-0.2, -0.15) is 0 Å². The van der Waals surface area contributed by atoms with Crippen LogP contribution in [0.25, 0.3) is 22.3 Å². The minimum atomic E-state index is 0.133. The lowest BCUT2D eigenvalue weighted by atomic mass is 10.1. The van der Waals surface area contributed by atoms with Gasteiger partial charge in [0.1, 0.15) is 11.6 Å². The highest BCUT2D eigenvalue weighted by molar-refractivity contribution is 6.31. The molecular formula is C16H15ClN4O. The van der Waals surface area contributed by atoms with E-state index in [-0.39, 0.29) is 5.75 Å². The Bertz CT molecular complexity index is 822. The standard InChI is InChI=1S/C16H15ClN4O/c17-10-5-6-11-13(9-10)20-16(21-15(11)19-8-7-18)12-3-1-2-4-14(12)22/h1-6,9,22H,7-8,18H2,(H,19,20,21). The number of halogens is 1. The van der Waals surface area contributed by atoms with Crippen LogP contribution in [0.1, 0.15) is 0 Å². The van der Waals surface area contributed by atoms with Crippen LogP contribution in [0.15, 0.2) is 42.5 Å². The highest BCUT2D eigenvalue weighted by Gasteiger charge is 2.12. The summed E-state index contributed by atoms with van der Waals surface area (Å²) in [7, 11) is 0. The van der Waals surface area contributed by atoms with Crippen LogP contribution in [0.4, 0.5) is 5.82 Å². The van der Waals surface area contributed by atoms with E-state index in [9.17, 15) is 5.11 Å². The molecule has 0 unspecified atom stereocenters. The van der Waals surface area contributed by atoms with Crippen LogP contribution >= 0.6 is 11.6 Å². The number of hydrogen-bond donors (Lipinski definition) is 3. The van der Waals surface area contributed by atoms with Crippen LogP contribution in [0.2, 0.25) is 5.02 Å². The fourth-order valence-corrected chi connectivity index (χ4v) is 2.38. The molecule has 1 aromatic heterocycles. The molecule has 112 valence electrons. The van der Waals surface area contributed by atoms with E-state index in [0.29, 0.717) is 40.8 Å². The summed E-state index contributed by atoms with van der Waals surface area (Å²) in [4.78, 5) is 9.03. The molecule has 2 aromatic carbocycles. The molecule has 4 N–H and O–H groups in total. The maximum Gasteiger partial charge on any atom is 0.165 e. The number of nitrogens with two attached hydrogens (primary N) is 1. The predicted molar refractivity (Wildman–Crippen MR) is 89.2 cm³/mol. The molecule has 6 heteroatoms. The third-order valence-electron chi connectivity index (χ3n) is 3.24. The van der Waals surface area contributed by atoms with Crippen molar-refractivity contribution >= 4 is 28.3 Å². The first-order valence-electron chi connectivity index (χ1n) is 6.88. The van der Waals surface area contributed by atoms with E-state index in [2.05, 4.69) is 15.3 Å². The van der Waals surface area contributed by atoms with E-state index in [0.717, 1.165) is 5.39 Å². The SMILES string of the molecule is NCCNc1nc(-c2ccccc2O)nc2cc(Cl)ccc12. The number of anilines is 1. The molecule has 1 heterocycles. The number of phenolic OH excluding ortho intramolecular Hbond substituents is 1. The summed E-state index contributed by atoms with van der Waals surface area (Å²) in [6.45, 7) is 1.08. The van der Waals surface area contributed by atoms with E-state index in [1.54, 1.807) is 30.3 Å². The summed E-state index contributed by atoms with van der Waals surface area (Å²) >= 11 is 6.05. The molecule has 0 radical (unpaired) electrons. The van der Waals surface area contributed by atoms with E-state index < -0.39 is 0 Å². The van der Waals surface area contributed by atoms with E-state index in [1.807, 2.05) is 12.1 Å². The van der Waals surface area contributed by atoms with E-state index >= 15 is 0 Å². The molecule has 0 spiro atoms. The Balaban J connectivity index is 2.21. The zero-order chi connectivity index (χ0) is 15.5. The number of aromatic nitrogens is 2. The van der Waals surface area contributed by atoms with Gasteiger partial charge in [-0.1, -0.05) is 23.7 Å². The monoisotopic (exact) mass is 314 g/mol. The van der Waals surface area contributed by atoms with Crippen molar-refractivity contribution in [2.24, 2.45) is 5.73 Å². The summed E-state index contributed by atoms with van der Waals surface area (Å²) in [6.07, 6.45) is 0. The highest BCUT2D eigenvalue weighted by atomic mass is 35.5. The molecule has 22 heavy (non-hydrogen) atoms. The van der Waals surface area contributed by atoms with Crippen molar-refractivity contribution < 1.29 is 5.11 Å². The Morgan fingerprint density at radius 2 is 1.95 bits per heavy atom. The van der Waals surface area contributed by atoms with Crippen LogP contribution in [0, 0.1) is 0 Å². The van der Waals surface area contributed by atoms with Gasteiger partial charge >= 0.3 is 0 Å². The van der Waals surface area contributed by atoms with Gasteiger partial charge in [0.05, 0.1) is 11.1 Å². The Kier molecular flexibility index (Phi) is 4.09. The van der Waals surface area contributed by atoms with Crippen LogP contribution < -0.4 is 11.1 Å². The zero-order valence-electron chi connectivity index (χ0n) is 11.8. The fraction of sp³-hybridized carbons (Fsp3) is 0.125. The number of nitrogens with one attached hydrogen (secondary N) is 1. The molecule has 0 amide bonds. The summed E-state index contributed by atoms with van der Waals surface area (Å²) < 4.78 is 0. The molecule has 5 nitrogen and oxygen atoms in total. The lowest BCUT2D eigenvalue weighted by Crippen LogP contribution is -2.14. The van der Waals surface area contributed by atoms with Crippen LogP contribution in [-0.4, -0.2) is 28.2 Å². The summed E-state index contributed by atoms with van der Waals surface area (Å²) in [5, 5.41) is 14.7. The van der Waals surface area contributed by atoms with Crippen molar-refractivity contribution in [3.05, 3.63) is 47.5 Å². The van der Waals surface area contributed by atoms with Gasteiger partial charge in [-0.15, -0.1) is 0 Å². The Hall–Kier alpha value is -2.37. The first-order valence-corrected chi connectivity index (χ1v) is 7.26. The van der Waals surface area contributed by atoms with Gasteiger partial charge < -0.3 is 16.2 Å². The third kappa shape index (κ3) is 2.81. The first kappa shape index (κ1) is 14.6. The average molecular weight is 315 g/mol. The van der Waals surface area contributed by atoms with Gasteiger partial charge in [-0.05, 0) is 30.3 Å². The van der Waals surface area contributed by atoms with Gasteiger partial charge in [0.2, 0.25) is 0 Å². The lowest BCUT2D eigenvalue weighted by Gasteiger charge is -2.11. The molecule has 0 aliphatic rings. The van der Waals surface area contributed by atoms with Crippen molar-refractivity contribution in [3.8, 4) is 17.1 Å².